The molecular weight excluding hydrogens is 369 g/mol. The van der Waals surface area contributed by atoms with E-state index in [4.69, 9.17) is 0 Å². The molecule has 2 aromatic heterocycles. The molecule has 4 atom stereocenters. The zero-order valence-electron chi connectivity index (χ0n) is 16.3. The molecule has 2 bridgehead atoms. The summed E-state index contributed by atoms with van der Waals surface area (Å²) in [5, 5.41) is 24.3. The Labute approximate surface area is 168 Å². The van der Waals surface area contributed by atoms with Crippen molar-refractivity contribution in [3.05, 3.63) is 42.7 Å². The molecule has 3 aromatic rings. The lowest BCUT2D eigenvalue weighted by Crippen LogP contribution is -2.61. The molecule has 0 amide bonds. The fourth-order valence-corrected chi connectivity index (χ4v) is 4.71. The van der Waals surface area contributed by atoms with Crippen LogP contribution in [0.4, 0.5) is 10.2 Å². The molecule has 4 heterocycles. The summed E-state index contributed by atoms with van der Waals surface area (Å²) in [5.74, 6) is 0.789. The van der Waals surface area contributed by atoms with Gasteiger partial charge in [-0.05, 0) is 55.0 Å². The van der Waals surface area contributed by atoms with E-state index >= 15 is 4.39 Å². The first kappa shape index (κ1) is 18.2. The molecule has 150 valence electrons. The van der Waals surface area contributed by atoms with Crippen molar-refractivity contribution in [3.63, 3.8) is 0 Å². The lowest BCUT2D eigenvalue weighted by molar-refractivity contribution is 0.107. The molecule has 2 aliphatic rings. The van der Waals surface area contributed by atoms with Gasteiger partial charge in [0.25, 0.3) is 0 Å². The van der Waals surface area contributed by atoms with Gasteiger partial charge in [0.15, 0.2) is 5.82 Å². The van der Waals surface area contributed by atoms with E-state index in [1.807, 2.05) is 36.2 Å². The Morgan fingerprint density at radius 2 is 2.03 bits per heavy atom. The van der Waals surface area contributed by atoms with Crippen LogP contribution in [0.5, 0.6) is 5.75 Å². The van der Waals surface area contributed by atoms with Crippen LogP contribution in [0.2, 0.25) is 0 Å². The van der Waals surface area contributed by atoms with E-state index in [1.165, 1.54) is 0 Å². The number of nitrogens with one attached hydrogen (secondary N) is 1. The van der Waals surface area contributed by atoms with Gasteiger partial charge in [-0.15, -0.1) is 10.2 Å². The summed E-state index contributed by atoms with van der Waals surface area (Å²) in [6.07, 6.45) is 6.39. The van der Waals surface area contributed by atoms with Crippen molar-refractivity contribution in [2.24, 2.45) is 0 Å². The third-order valence-corrected chi connectivity index (χ3v) is 6.34. The Morgan fingerprint density at radius 3 is 2.86 bits per heavy atom. The number of pyridine rings is 1. The molecular formula is C22H24FN5O. The highest BCUT2D eigenvalue weighted by atomic mass is 19.1. The maximum Gasteiger partial charge on any atom is 0.151 e. The SMILES string of the molecule is CN(c1ccc(-c2cc3cnccc3cc2O)nn1)[C@@H]1C[C@H]2CCC[C@H](N2)[C@@H]1F. The minimum atomic E-state index is -0.921. The first-order valence-corrected chi connectivity index (χ1v) is 10.1. The first-order valence-electron chi connectivity index (χ1n) is 10.1. The Morgan fingerprint density at radius 1 is 1.14 bits per heavy atom. The molecule has 2 aliphatic heterocycles. The van der Waals surface area contributed by atoms with Crippen LogP contribution in [0.1, 0.15) is 25.7 Å². The van der Waals surface area contributed by atoms with Gasteiger partial charge in [-0.25, -0.2) is 4.39 Å². The zero-order valence-corrected chi connectivity index (χ0v) is 16.3. The van der Waals surface area contributed by atoms with E-state index in [9.17, 15) is 5.11 Å². The van der Waals surface area contributed by atoms with Gasteiger partial charge in [0.2, 0.25) is 0 Å². The van der Waals surface area contributed by atoms with E-state index in [2.05, 4.69) is 20.5 Å². The smallest absolute Gasteiger partial charge is 0.151 e. The normalized spacial score (nSPS) is 26.4. The molecule has 0 unspecified atom stereocenters. The van der Waals surface area contributed by atoms with Gasteiger partial charge in [-0.1, -0.05) is 6.42 Å². The molecule has 7 heteroatoms. The maximum absolute atomic E-state index is 15.0. The van der Waals surface area contributed by atoms with Crippen molar-refractivity contribution >= 4 is 16.6 Å². The number of hydrogen-bond acceptors (Lipinski definition) is 6. The van der Waals surface area contributed by atoms with Crippen molar-refractivity contribution < 1.29 is 9.50 Å². The Balaban J connectivity index is 1.41. The van der Waals surface area contributed by atoms with Crippen LogP contribution in [-0.4, -0.2) is 51.6 Å². The molecule has 2 fully saturated rings. The number of aromatic nitrogens is 3. The summed E-state index contributed by atoms with van der Waals surface area (Å²) < 4.78 is 15.0. The van der Waals surface area contributed by atoms with Gasteiger partial charge in [-0.3, -0.25) is 4.98 Å². The van der Waals surface area contributed by atoms with Crippen LogP contribution < -0.4 is 10.2 Å². The first-order chi connectivity index (χ1) is 14.1. The number of anilines is 1. The van der Waals surface area contributed by atoms with E-state index in [0.717, 1.165) is 36.5 Å². The lowest BCUT2D eigenvalue weighted by Gasteiger charge is -2.46. The number of fused-ring (bicyclic) bond motifs is 3. The molecule has 0 radical (unpaired) electrons. The number of alkyl halides is 1. The van der Waals surface area contributed by atoms with Gasteiger partial charge in [0.05, 0.1) is 11.7 Å². The number of phenols is 1. The number of hydrogen-bond donors (Lipinski definition) is 2. The van der Waals surface area contributed by atoms with Crippen LogP contribution in [0.3, 0.4) is 0 Å². The molecule has 6 nitrogen and oxygen atoms in total. The van der Waals surface area contributed by atoms with Crippen molar-refractivity contribution in [2.75, 3.05) is 11.9 Å². The van der Waals surface area contributed by atoms with Gasteiger partial charge < -0.3 is 15.3 Å². The molecule has 0 spiro atoms. The van der Waals surface area contributed by atoms with E-state index in [0.29, 0.717) is 23.1 Å². The summed E-state index contributed by atoms with van der Waals surface area (Å²) in [6.45, 7) is 0. The zero-order chi connectivity index (χ0) is 20.0. The second-order valence-corrected chi connectivity index (χ2v) is 8.13. The fourth-order valence-electron chi connectivity index (χ4n) is 4.71. The van der Waals surface area contributed by atoms with E-state index in [-0.39, 0.29) is 17.8 Å². The van der Waals surface area contributed by atoms with Gasteiger partial charge in [0, 0.05) is 42.5 Å². The number of aromatic hydroxyl groups is 1. The number of halogens is 1. The predicted octanol–water partition coefficient (Wildman–Crippen LogP) is 3.45. The maximum atomic E-state index is 15.0. The van der Waals surface area contributed by atoms with Crippen molar-refractivity contribution in [1.29, 1.82) is 0 Å². The highest BCUT2D eigenvalue weighted by Gasteiger charge is 2.41. The number of rotatable bonds is 3. The third-order valence-electron chi connectivity index (χ3n) is 6.34. The van der Waals surface area contributed by atoms with Crippen LogP contribution >= 0.6 is 0 Å². The minimum Gasteiger partial charge on any atom is -0.507 e. The van der Waals surface area contributed by atoms with Crippen molar-refractivity contribution in [3.8, 4) is 17.0 Å². The van der Waals surface area contributed by atoms with Gasteiger partial charge in [0.1, 0.15) is 11.9 Å². The summed E-state index contributed by atoms with van der Waals surface area (Å²) in [5.41, 5.74) is 1.18. The van der Waals surface area contributed by atoms with Gasteiger partial charge >= 0.3 is 0 Å². The minimum absolute atomic E-state index is 0.0645. The second kappa shape index (κ2) is 7.22. The Kier molecular flexibility index (Phi) is 4.54. The van der Waals surface area contributed by atoms with Crippen LogP contribution in [-0.2, 0) is 0 Å². The lowest BCUT2D eigenvalue weighted by atomic mass is 9.82. The topological polar surface area (TPSA) is 74.2 Å². The van der Waals surface area contributed by atoms with Gasteiger partial charge in [-0.2, -0.15) is 0 Å². The van der Waals surface area contributed by atoms with E-state index < -0.39 is 6.17 Å². The molecule has 0 aliphatic carbocycles. The third kappa shape index (κ3) is 3.29. The number of benzene rings is 1. The molecule has 2 saturated heterocycles. The number of piperidine rings is 2. The average Bonchev–Trinajstić information content (AvgIpc) is 2.76. The van der Waals surface area contributed by atoms with Crippen LogP contribution in [0, 0.1) is 0 Å². The van der Waals surface area contributed by atoms with E-state index in [1.54, 1.807) is 18.5 Å². The molecule has 0 saturated carbocycles. The highest BCUT2D eigenvalue weighted by Crippen LogP contribution is 2.34. The molecule has 1 aromatic carbocycles. The van der Waals surface area contributed by atoms with Crippen molar-refractivity contribution in [1.82, 2.24) is 20.5 Å². The standard InChI is InChI=1S/C22H24FN5O/c1-28(19-11-15-3-2-4-18(25-15)22(19)23)21-6-5-17(26-27-21)16-9-14-12-24-8-7-13(14)10-20(16)29/h5-10,12,15,18-19,22,25,29H,2-4,11H2,1H3/t15-,18+,19-,22+/m1/s1. The quantitative estimate of drug-likeness (QED) is 0.710. The largest absolute Gasteiger partial charge is 0.507 e. The number of nitrogens with zero attached hydrogens (tertiary/aromatic N) is 4. The van der Waals surface area contributed by atoms with Crippen molar-refractivity contribution in [2.45, 2.75) is 50.0 Å². The summed E-state index contributed by atoms with van der Waals surface area (Å²) in [7, 11) is 1.89. The highest BCUT2D eigenvalue weighted by molar-refractivity contribution is 5.89. The number of phenolic OH excluding ortho intramolecular Hbond substituents is 1. The Hall–Kier alpha value is -2.80. The predicted molar refractivity (Wildman–Crippen MR) is 111 cm³/mol. The summed E-state index contributed by atoms with van der Waals surface area (Å²) in [4.78, 5) is 6.05. The average molecular weight is 393 g/mol. The molecule has 2 N–H and O–H groups in total. The fraction of sp³-hybridized carbons (Fsp3) is 0.409. The molecule has 5 rings (SSSR count). The summed E-state index contributed by atoms with van der Waals surface area (Å²) >= 11 is 0. The Bertz CT molecular complexity index is 1030. The van der Waals surface area contributed by atoms with Crippen LogP contribution in [0.15, 0.2) is 42.7 Å². The second-order valence-electron chi connectivity index (χ2n) is 8.13. The van der Waals surface area contributed by atoms with Crippen LogP contribution in [0.25, 0.3) is 22.0 Å². The summed E-state index contributed by atoms with van der Waals surface area (Å²) in [6, 6.07) is 9.20. The molecule has 29 heavy (non-hydrogen) atoms. The monoisotopic (exact) mass is 393 g/mol.